The molecule has 2 N–H and O–H groups in total. The molecule has 1 nitrogen and oxygen atoms in total. The van der Waals surface area contributed by atoms with E-state index in [1.165, 1.54) is 11.5 Å². The topological polar surface area (TPSA) is 26.0 Å². The van der Waals surface area contributed by atoms with Crippen LogP contribution in [-0.4, -0.2) is 6.54 Å². The summed E-state index contributed by atoms with van der Waals surface area (Å²) in [5, 5.41) is 0.787. The van der Waals surface area contributed by atoms with Crippen LogP contribution < -0.4 is 5.73 Å². The number of benzene rings is 1. The highest BCUT2D eigenvalue weighted by Crippen LogP contribution is 2.25. The third kappa shape index (κ3) is 3.32. The summed E-state index contributed by atoms with van der Waals surface area (Å²) in [7, 11) is 0. The van der Waals surface area contributed by atoms with Crippen molar-refractivity contribution in [1.29, 1.82) is 0 Å². The molecule has 1 aromatic rings. The molecule has 0 bridgehead atoms. The highest BCUT2D eigenvalue weighted by Gasteiger charge is 2.11. The molecule has 0 heterocycles. The average molecular weight is 211 g/mol. The zero-order chi connectivity index (χ0) is 10.6. The van der Waals surface area contributed by atoms with Crippen LogP contribution in [0.15, 0.2) is 24.3 Å². The first kappa shape index (κ1) is 11.5. The monoisotopic (exact) mass is 210 g/mol. The minimum absolute atomic E-state index is 0.402. The molecular formula is C12H17ClN. The first-order chi connectivity index (χ1) is 6.63. The summed E-state index contributed by atoms with van der Waals surface area (Å²) >= 11 is 5.93. The predicted molar refractivity (Wildman–Crippen MR) is 62.5 cm³/mol. The lowest BCUT2D eigenvalue weighted by molar-refractivity contribution is 0.646. The van der Waals surface area contributed by atoms with Crippen LogP contribution in [-0.2, 0) is 0 Å². The number of rotatable bonds is 4. The second kappa shape index (κ2) is 5.38. The minimum Gasteiger partial charge on any atom is -0.330 e. The second-order valence-corrected chi connectivity index (χ2v) is 4.34. The summed E-state index contributed by atoms with van der Waals surface area (Å²) in [6.07, 6.45) is 1.04. The van der Waals surface area contributed by atoms with Gasteiger partial charge in [0, 0.05) is 5.02 Å². The second-order valence-electron chi connectivity index (χ2n) is 3.90. The molecule has 0 spiro atoms. The lowest BCUT2D eigenvalue weighted by atomic mass is 9.90. The molecule has 0 saturated heterocycles. The van der Waals surface area contributed by atoms with E-state index in [-0.39, 0.29) is 0 Å². The Kier molecular flexibility index (Phi) is 4.43. The summed E-state index contributed by atoms with van der Waals surface area (Å²) in [6.45, 7) is 4.94. The molecule has 1 aromatic carbocycles. The van der Waals surface area contributed by atoms with Gasteiger partial charge in [-0.1, -0.05) is 37.6 Å². The van der Waals surface area contributed by atoms with Crippen molar-refractivity contribution in [3.8, 4) is 0 Å². The lowest BCUT2D eigenvalue weighted by Gasteiger charge is -2.17. The average Bonchev–Trinajstić information content (AvgIpc) is 2.14. The molecule has 0 aliphatic heterocycles. The molecule has 0 saturated carbocycles. The van der Waals surface area contributed by atoms with Crippen molar-refractivity contribution in [3.63, 3.8) is 0 Å². The van der Waals surface area contributed by atoms with Gasteiger partial charge in [-0.15, -0.1) is 0 Å². The van der Waals surface area contributed by atoms with Gasteiger partial charge in [-0.25, -0.2) is 0 Å². The van der Waals surface area contributed by atoms with Gasteiger partial charge in [-0.2, -0.15) is 0 Å². The van der Waals surface area contributed by atoms with Gasteiger partial charge in [0.05, 0.1) is 0 Å². The van der Waals surface area contributed by atoms with Crippen molar-refractivity contribution in [2.45, 2.75) is 26.2 Å². The fourth-order valence-corrected chi connectivity index (χ4v) is 1.79. The van der Waals surface area contributed by atoms with Gasteiger partial charge < -0.3 is 5.73 Å². The molecule has 0 aliphatic rings. The molecule has 0 aliphatic carbocycles. The van der Waals surface area contributed by atoms with Crippen LogP contribution >= 0.6 is 11.6 Å². The van der Waals surface area contributed by atoms with E-state index in [2.05, 4.69) is 19.9 Å². The van der Waals surface area contributed by atoms with Crippen LogP contribution in [0.25, 0.3) is 0 Å². The molecule has 1 atom stereocenters. The first-order valence-electron chi connectivity index (χ1n) is 4.88. The van der Waals surface area contributed by atoms with Gasteiger partial charge in [-0.05, 0) is 42.5 Å². The van der Waals surface area contributed by atoms with E-state index in [1.54, 1.807) is 0 Å². The summed E-state index contributed by atoms with van der Waals surface area (Å²) < 4.78 is 0. The number of hydrogen-bond donors (Lipinski definition) is 1. The molecule has 2 heteroatoms. The van der Waals surface area contributed by atoms with Crippen LogP contribution in [0, 0.1) is 5.92 Å². The number of halogens is 1. The Labute approximate surface area is 91.3 Å². The fourth-order valence-electron chi connectivity index (χ4n) is 1.59. The highest BCUT2D eigenvalue weighted by molar-refractivity contribution is 6.30. The predicted octanol–water partition coefficient (Wildman–Crippen LogP) is 3.39. The van der Waals surface area contributed by atoms with Crippen LogP contribution in [0.4, 0.5) is 0 Å². The molecule has 0 fully saturated rings. The van der Waals surface area contributed by atoms with Crippen molar-refractivity contribution in [2.75, 3.05) is 6.54 Å². The molecule has 1 radical (unpaired) electrons. The van der Waals surface area contributed by atoms with E-state index in [9.17, 15) is 0 Å². The maximum absolute atomic E-state index is 5.93. The number of hydrogen-bond acceptors (Lipinski definition) is 1. The molecule has 14 heavy (non-hydrogen) atoms. The largest absolute Gasteiger partial charge is 0.330 e. The molecule has 77 valence electrons. The van der Waals surface area contributed by atoms with Crippen molar-refractivity contribution < 1.29 is 0 Å². The smallest absolute Gasteiger partial charge is 0.0408 e. The van der Waals surface area contributed by atoms with Crippen LogP contribution in [0.3, 0.4) is 0 Å². The van der Waals surface area contributed by atoms with Gasteiger partial charge in [0.1, 0.15) is 0 Å². The maximum Gasteiger partial charge on any atom is 0.0408 e. The van der Waals surface area contributed by atoms with Gasteiger partial charge in [0.15, 0.2) is 0 Å². The molecule has 1 rings (SSSR count). The highest BCUT2D eigenvalue weighted by atomic mass is 35.5. The van der Waals surface area contributed by atoms with Gasteiger partial charge >= 0.3 is 0 Å². The quantitative estimate of drug-likeness (QED) is 0.810. The van der Waals surface area contributed by atoms with E-state index in [1.807, 2.05) is 18.2 Å². The minimum atomic E-state index is 0.402. The Morgan fingerprint density at radius 1 is 1.43 bits per heavy atom. The van der Waals surface area contributed by atoms with Crippen LogP contribution in [0.5, 0.6) is 0 Å². The fraction of sp³-hybridized carbons (Fsp3) is 0.417. The Bertz CT molecular complexity index is 283. The Balaban J connectivity index is 2.78. The SMILES string of the molecule is C[C](C)CC(CN)c1cccc(Cl)c1. The van der Waals surface area contributed by atoms with E-state index >= 15 is 0 Å². The van der Waals surface area contributed by atoms with Gasteiger partial charge in [0.2, 0.25) is 0 Å². The molecule has 0 amide bonds. The number of nitrogens with two attached hydrogens (primary N) is 1. The van der Waals surface area contributed by atoms with Gasteiger partial charge in [0.25, 0.3) is 0 Å². The normalized spacial score (nSPS) is 13.2. The third-order valence-corrected chi connectivity index (χ3v) is 2.49. The Hall–Kier alpha value is -0.530. The van der Waals surface area contributed by atoms with E-state index in [4.69, 9.17) is 17.3 Å². The molecular weight excluding hydrogens is 194 g/mol. The van der Waals surface area contributed by atoms with Crippen molar-refractivity contribution in [1.82, 2.24) is 0 Å². The zero-order valence-corrected chi connectivity index (χ0v) is 9.51. The van der Waals surface area contributed by atoms with E-state index in [0.29, 0.717) is 12.5 Å². The van der Waals surface area contributed by atoms with Crippen LogP contribution in [0.1, 0.15) is 31.7 Å². The zero-order valence-electron chi connectivity index (χ0n) is 8.76. The summed E-state index contributed by atoms with van der Waals surface area (Å²) in [5.74, 6) is 1.80. The van der Waals surface area contributed by atoms with Crippen molar-refractivity contribution in [3.05, 3.63) is 40.8 Å². The van der Waals surface area contributed by atoms with Crippen LogP contribution in [0.2, 0.25) is 5.02 Å². The van der Waals surface area contributed by atoms with E-state index < -0.39 is 0 Å². The Morgan fingerprint density at radius 2 is 2.14 bits per heavy atom. The molecule has 0 aromatic heterocycles. The summed E-state index contributed by atoms with van der Waals surface area (Å²) in [5.41, 5.74) is 6.98. The van der Waals surface area contributed by atoms with Gasteiger partial charge in [-0.3, -0.25) is 0 Å². The van der Waals surface area contributed by atoms with E-state index in [0.717, 1.165) is 11.4 Å². The lowest BCUT2D eigenvalue weighted by Crippen LogP contribution is -2.14. The van der Waals surface area contributed by atoms with Crippen molar-refractivity contribution >= 4 is 11.6 Å². The molecule has 1 unspecified atom stereocenters. The Morgan fingerprint density at radius 3 is 2.64 bits per heavy atom. The summed E-state index contributed by atoms with van der Waals surface area (Å²) in [6, 6.07) is 7.96. The maximum atomic E-state index is 5.93. The summed E-state index contributed by atoms with van der Waals surface area (Å²) in [4.78, 5) is 0. The third-order valence-electron chi connectivity index (χ3n) is 2.26. The first-order valence-corrected chi connectivity index (χ1v) is 5.26. The standard InChI is InChI=1S/C12H17ClN/c1-9(2)6-11(8-14)10-4-3-5-12(13)7-10/h3-5,7,11H,6,8,14H2,1-2H3. The van der Waals surface area contributed by atoms with Crippen molar-refractivity contribution in [2.24, 2.45) is 5.73 Å².